The first-order valence-corrected chi connectivity index (χ1v) is 8.55. The van der Waals surface area contributed by atoms with Crippen LogP contribution in [0.2, 0.25) is 0 Å². The highest BCUT2D eigenvalue weighted by Gasteiger charge is 2.18. The van der Waals surface area contributed by atoms with Crippen molar-refractivity contribution in [3.05, 3.63) is 48.3 Å². The van der Waals surface area contributed by atoms with E-state index in [1.54, 1.807) is 11.8 Å². The van der Waals surface area contributed by atoms with Crippen molar-refractivity contribution in [2.24, 2.45) is 7.05 Å². The molecule has 0 saturated carbocycles. The SMILES string of the molecule is CSc1ccc(NC(=O)N(Cc2cccn2C)C(C)C)cc1. The molecule has 5 heteroatoms. The minimum Gasteiger partial charge on any atom is -0.353 e. The van der Waals surface area contributed by atoms with Gasteiger partial charge in [-0.15, -0.1) is 11.8 Å². The van der Waals surface area contributed by atoms with Crippen LogP contribution >= 0.6 is 11.8 Å². The van der Waals surface area contributed by atoms with Crippen molar-refractivity contribution < 1.29 is 4.79 Å². The molecule has 2 rings (SSSR count). The van der Waals surface area contributed by atoms with Gasteiger partial charge in [0.05, 0.1) is 6.54 Å². The maximum absolute atomic E-state index is 12.5. The van der Waals surface area contributed by atoms with Gasteiger partial charge in [0.25, 0.3) is 0 Å². The van der Waals surface area contributed by atoms with Crippen LogP contribution in [0.1, 0.15) is 19.5 Å². The van der Waals surface area contributed by atoms with Gasteiger partial charge in [-0.3, -0.25) is 0 Å². The molecular formula is C17H23N3OS. The zero-order chi connectivity index (χ0) is 16.1. The van der Waals surface area contributed by atoms with Gasteiger partial charge in [-0.1, -0.05) is 0 Å². The number of thioether (sulfide) groups is 1. The molecule has 1 heterocycles. The van der Waals surface area contributed by atoms with Crippen LogP contribution in [0.15, 0.2) is 47.5 Å². The van der Waals surface area contributed by atoms with Gasteiger partial charge in [0.15, 0.2) is 0 Å². The number of aryl methyl sites for hydroxylation is 1. The van der Waals surface area contributed by atoms with Gasteiger partial charge in [-0.2, -0.15) is 0 Å². The highest BCUT2D eigenvalue weighted by molar-refractivity contribution is 7.98. The van der Waals surface area contributed by atoms with Crippen LogP contribution in [-0.2, 0) is 13.6 Å². The summed E-state index contributed by atoms with van der Waals surface area (Å²) in [7, 11) is 1.99. The van der Waals surface area contributed by atoms with Crippen LogP contribution in [0.3, 0.4) is 0 Å². The molecule has 1 N–H and O–H groups in total. The van der Waals surface area contributed by atoms with Crippen molar-refractivity contribution in [1.29, 1.82) is 0 Å². The van der Waals surface area contributed by atoms with E-state index in [-0.39, 0.29) is 12.1 Å². The van der Waals surface area contributed by atoms with Crippen LogP contribution in [-0.4, -0.2) is 27.8 Å². The first-order chi connectivity index (χ1) is 10.5. The fraction of sp³-hybridized carbons (Fsp3) is 0.353. The summed E-state index contributed by atoms with van der Waals surface area (Å²) < 4.78 is 2.04. The molecule has 22 heavy (non-hydrogen) atoms. The normalized spacial score (nSPS) is 10.8. The number of benzene rings is 1. The van der Waals surface area contributed by atoms with Crippen LogP contribution in [0, 0.1) is 0 Å². The molecule has 1 aromatic carbocycles. The first kappa shape index (κ1) is 16.5. The zero-order valence-corrected chi connectivity index (χ0v) is 14.4. The van der Waals surface area contributed by atoms with E-state index in [0.717, 1.165) is 11.4 Å². The Morgan fingerprint density at radius 3 is 2.45 bits per heavy atom. The summed E-state index contributed by atoms with van der Waals surface area (Å²) in [5, 5.41) is 2.98. The number of carbonyl (C=O) groups is 1. The Labute approximate surface area is 136 Å². The van der Waals surface area contributed by atoms with Crippen molar-refractivity contribution in [1.82, 2.24) is 9.47 Å². The number of hydrogen-bond acceptors (Lipinski definition) is 2. The Morgan fingerprint density at radius 2 is 1.95 bits per heavy atom. The number of carbonyl (C=O) groups excluding carboxylic acids is 1. The van der Waals surface area contributed by atoms with Crippen molar-refractivity contribution in [2.45, 2.75) is 31.3 Å². The molecule has 0 spiro atoms. The average Bonchev–Trinajstić information content (AvgIpc) is 2.90. The minimum absolute atomic E-state index is 0.0758. The summed E-state index contributed by atoms with van der Waals surface area (Å²) in [6.07, 6.45) is 4.03. The van der Waals surface area contributed by atoms with Gasteiger partial charge in [0.1, 0.15) is 0 Å². The quantitative estimate of drug-likeness (QED) is 0.840. The Balaban J connectivity index is 2.07. The number of hydrogen-bond donors (Lipinski definition) is 1. The Hall–Kier alpha value is -1.88. The van der Waals surface area contributed by atoms with Gasteiger partial charge in [-0.25, -0.2) is 4.79 Å². The van der Waals surface area contributed by atoms with E-state index in [1.165, 1.54) is 4.90 Å². The molecule has 1 aromatic heterocycles. The molecule has 0 bridgehead atoms. The molecule has 118 valence electrons. The van der Waals surface area contributed by atoms with E-state index in [2.05, 4.69) is 5.32 Å². The van der Waals surface area contributed by atoms with Crippen molar-refractivity contribution in [3.8, 4) is 0 Å². The standard InChI is InChI=1S/C17H23N3OS/c1-13(2)20(12-15-6-5-11-19(15)3)17(21)18-14-7-9-16(22-4)10-8-14/h5-11,13H,12H2,1-4H3,(H,18,21). The smallest absolute Gasteiger partial charge is 0.322 e. The minimum atomic E-state index is -0.0758. The number of amides is 2. The van der Waals surface area contributed by atoms with Crippen LogP contribution < -0.4 is 5.32 Å². The second kappa shape index (κ2) is 7.40. The predicted molar refractivity (Wildman–Crippen MR) is 93.3 cm³/mol. The summed E-state index contributed by atoms with van der Waals surface area (Å²) in [6.45, 7) is 4.65. The Morgan fingerprint density at radius 1 is 1.27 bits per heavy atom. The van der Waals surface area contributed by atoms with Gasteiger partial charge in [-0.05, 0) is 56.5 Å². The van der Waals surface area contributed by atoms with E-state index in [0.29, 0.717) is 6.54 Å². The Kier molecular flexibility index (Phi) is 5.55. The Bertz CT molecular complexity index is 619. The molecule has 2 amide bonds. The maximum atomic E-state index is 12.5. The third-order valence-electron chi connectivity index (χ3n) is 3.61. The van der Waals surface area contributed by atoms with Crippen molar-refractivity contribution in [3.63, 3.8) is 0 Å². The highest BCUT2D eigenvalue weighted by atomic mass is 32.2. The second-order valence-corrected chi connectivity index (χ2v) is 6.37. The first-order valence-electron chi connectivity index (χ1n) is 7.33. The molecular weight excluding hydrogens is 294 g/mol. The van der Waals surface area contributed by atoms with Crippen LogP contribution in [0.5, 0.6) is 0 Å². The summed E-state index contributed by atoms with van der Waals surface area (Å²) in [4.78, 5) is 15.6. The monoisotopic (exact) mass is 317 g/mol. The fourth-order valence-electron chi connectivity index (χ4n) is 2.19. The average molecular weight is 317 g/mol. The van der Waals surface area contributed by atoms with Crippen LogP contribution in [0.4, 0.5) is 10.5 Å². The van der Waals surface area contributed by atoms with Crippen molar-refractivity contribution in [2.75, 3.05) is 11.6 Å². The lowest BCUT2D eigenvalue weighted by Crippen LogP contribution is -2.39. The number of anilines is 1. The van der Waals surface area contributed by atoms with Gasteiger partial charge >= 0.3 is 6.03 Å². The summed E-state index contributed by atoms with van der Waals surface area (Å²) >= 11 is 1.69. The van der Waals surface area contributed by atoms with Crippen LogP contribution in [0.25, 0.3) is 0 Å². The largest absolute Gasteiger partial charge is 0.353 e. The third-order valence-corrected chi connectivity index (χ3v) is 4.35. The lowest BCUT2D eigenvalue weighted by Gasteiger charge is -2.27. The molecule has 0 aliphatic rings. The van der Waals surface area contributed by atoms with Gasteiger partial charge in [0.2, 0.25) is 0 Å². The summed E-state index contributed by atoms with van der Waals surface area (Å²) in [5.41, 5.74) is 1.93. The van der Waals surface area contributed by atoms with E-state index in [1.807, 2.05) is 79.2 Å². The van der Waals surface area contributed by atoms with E-state index >= 15 is 0 Å². The predicted octanol–water partition coefficient (Wildman–Crippen LogP) is 4.19. The zero-order valence-electron chi connectivity index (χ0n) is 13.5. The molecule has 0 radical (unpaired) electrons. The topological polar surface area (TPSA) is 37.3 Å². The number of nitrogens with one attached hydrogen (secondary N) is 1. The summed E-state index contributed by atoms with van der Waals surface area (Å²) in [6, 6.07) is 12.0. The van der Waals surface area contributed by atoms with E-state index < -0.39 is 0 Å². The highest BCUT2D eigenvalue weighted by Crippen LogP contribution is 2.18. The van der Waals surface area contributed by atoms with Crippen molar-refractivity contribution >= 4 is 23.5 Å². The number of nitrogens with zero attached hydrogens (tertiary/aromatic N) is 2. The molecule has 0 aliphatic carbocycles. The molecule has 0 fully saturated rings. The summed E-state index contributed by atoms with van der Waals surface area (Å²) in [5.74, 6) is 0. The lowest BCUT2D eigenvalue weighted by molar-refractivity contribution is 0.192. The molecule has 0 unspecified atom stereocenters. The molecule has 0 saturated heterocycles. The molecule has 0 aliphatic heterocycles. The number of rotatable bonds is 5. The van der Waals surface area contributed by atoms with Gasteiger partial charge in [0, 0.05) is 35.6 Å². The molecule has 0 atom stereocenters. The number of aromatic nitrogens is 1. The molecule has 4 nitrogen and oxygen atoms in total. The lowest BCUT2D eigenvalue weighted by atomic mass is 10.3. The van der Waals surface area contributed by atoms with Gasteiger partial charge < -0.3 is 14.8 Å². The fourth-order valence-corrected chi connectivity index (χ4v) is 2.60. The maximum Gasteiger partial charge on any atom is 0.322 e. The molecule has 2 aromatic rings. The third kappa shape index (κ3) is 4.07. The second-order valence-electron chi connectivity index (χ2n) is 5.49. The van der Waals surface area contributed by atoms with E-state index in [4.69, 9.17) is 0 Å². The number of urea groups is 1. The van der Waals surface area contributed by atoms with E-state index in [9.17, 15) is 4.79 Å².